The van der Waals surface area contributed by atoms with Crippen LogP contribution >= 0.6 is 0 Å². The predicted molar refractivity (Wildman–Crippen MR) is 202 cm³/mol. The molecule has 2 spiro atoms. The Hall–Kier alpha value is -0.600. The summed E-state index contributed by atoms with van der Waals surface area (Å²) in [6, 6.07) is 0. The van der Waals surface area contributed by atoms with Gasteiger partial charge in [-0.15, -0.1) is 0 Å². The predicted octanol–water partition coefficient (Wildman–Crippen LogP) is 0.0686. The second-order valence-corrected chi connectivity index (χ2v) is 21.3. The maximum Gasteiger partial charge on any atom is 0.187 e. The zero-order valence-corrected chi connectivity index (χ0v) is 34.8. The summed E-state index contributed by atoms with van der Waals surface area (Å²) in [6.07, 6.45) is -9.87. The van der Waals surface area contributed by atoms with Crippen LogP contribution in [0.5, 0.6) is 0 Å². The minimum Gasteiger partial charge on any atom is -0.394 e. The molecule has 0 aromatic carbocycles. The second kappa shape index (κ2) is 14.8. The number of hydrogen-bond donors (Lipinski definition) is 11. The molecule has 2 heterocycles. The van der Waals surface area contributed by atoms with E-state index in [0.717, 1.165) is 38.5 Å². The lowest BCUT2D eigenvalue weighted by atomic mass is 9.41. The summed E-state index contributed by atoms with van der Waals surface area (Å²) in [5.41, 5.74) is -3.40. The summed E-state index contributed by atoms with van der Waals surface area (Å²) in [6.45, 7) is 12.6. The molecule has 2 aliphatic heterocycles. The molecule has 15 heteroatoms. The summed E-state index contributed by atoms with van der Waals surface area (Å²) < 4.78 is 24.3. The number of rotatable bonds is 11. The van der Waals surface area contributed by atoms with Crippen molar-refractivity contribution in [1.29, 1.82) is 0 Å². The van der Waals surface area contributed by atoms with Crippen molar-refractivity contribution in [2.24, 2.45) is 44.8 Å². The van der Waals surface area contributed by atoms with E-state index in [4.69, 9.17) is 18.9 Å². The minimum atomic E-state index is -1.76. The van der Waals surface area contributed by atoms with E-state index in [2.05, 4.69) is 27.7 Å². The van der Waals surface area contributed by atoms with Gasteiger partial charge in [-0.1, -0.05) is 27.7 Å². The first-order valence-corrected chi connectivity index (χ1v) is 21.4. The quantitative estimate of drug-likeness (QED) is 0.123. The van der Waals surface area contributed by atoms with Crippen LogP contribution < -0.4 is 0 Å². The number of hydrogen-bond acceptors (Lipinski definition) is 15. The Morgan fingerprint density at radius 1 is 0.684 bits per heavy atom. The molecule has 0 bridgehead atoms. The molecule has 2 saturated heterocycles. The zero-order chi connectivity index (χ0) is 42.1. The van der Waals surface area contributed by atoms with Gasteiger partial charge in [-0.2, -0.15) is 0 Å². The van der Waals surface area contributed by atoms with E-state index < -0.39 is 110 Å². The monoisotopic (exact) mass is 816 g/mol. The van der Waals surface area contributed by atoms with Gasteiger partial charge >= 0.3 is 0 Å². The van der Waals surface area contributed by atoms with E-state index in [1.807, 2.05) is 0 Å². The van der Waals surface area contributed by atoms with Gasteiger partial charge in [0.15, 0.2) is 12.6 Å². The van der Waals surface area contributed by atoms with E-state index in [-0.39, 0.29) is 46.3 Å². The van der Waals surface area contributed by atoms with E-state index in [0.29, 0.717) is 18.8 Å². The lowest BCUT2D eigenvalue weighted by Crippen LogP contribution is -2.65. The van der Waals surface area contributed by atoms with Crippen LogP contribution in [0.15, 0.2) is 0 Å². The Kier molecular flexibility index (Phi) is 11.5. The van der Waals surface area contributed by atoms with Crippen LogP contribution in [-0.4, -0.2) is 160 Å². The van der Waals surface area contributed by atoms with Crippen LogP contribution in [0.1, 0.15) is 113 Å². The van der Waals surface area contributed by atoms with Gasteiger partial charge in [0.2, 0.25) is 0 Å². The Balaban J connectivity index is 1.09. The van der Waals surface area contributed by atoms with E-state index >= 15 is 0 Å². The third-order valence-electron chi connectivity index (χ3n) is 17.7. The van der Waals surface area contributed by atoms with E-state index in [1.54, 1.807) is 20.8 Å². The van der Waals surface area contributed by atoms with Crippen molar-refractivity contribution in [3.8, 4) is 0 Å². The molecule has 15 nitrogen and oxygen atoms in total. The minimum absolute atomic E-state index is 0.0506. The van der Waals surface area contributed by atoms with Gasteiger partial charge in [0.05, 0.1) is 42.7 Å². The van der Waals surface area contributed by atoms with Crippen molar-refractivity contribution in [1.82, 2.24) is 0 Å². The standard InChI is InChI=1S/C42H72O15/c1-36(2)23-8-9-24-39(6)16-20(45)33(40(7,53)12-10-25(46)37(3,4)52)38(39,5)14-15-42(24)19-41(23,42)13-11-26(36)56-35-32(30(50)28(48)22(18-44)55-35)57-34-31(51)29(49)27(47)21(17-43)54-34/h20-35,43-53H,8-19H2,1-7H3/t20-,21+,22+,23-,24-,25-,26-,27+,28+,29-,30-,31+,32+,33-,34-,35-,38+,39-,40-,41+,42-/m0/s1. The fraction of sp³-hybridized carbons (Fsp3) is 1.00. The third-order valence-corrected chi connectivity index (χ3v) is 17.7. The Labute approximate surface area is 336 Å². The molecule has 0 radical (unpaired) electrons. The van der Waals surface area contributed by atoms with Crippen LogP contribution in [-0.2, 0) is 18.9 Å². The maximum atomic E-state index is 12.1. The first-order valence-electron chi connectivity index (χ1n) is 21.4. The highest BCUT2D eigenvalue weighted by molar-refractivity contribution is 5.31. The molecule has 0 unspecified atom stereocenters. The SMILES string of the molecule is CC(C)(O)[C@@H](O)CC[C@](C)(O)[C@H]1[C@@H](O)C[C@@]2(C)[C@@H]3CC[C@H]4C(C)(C)[C@@H](O[C@@H]5O[C@H](CO)[C@@H](O)[C@H](O)[C@H]5O[C@@H]5O[C@H](CO)[C@@H](O)[C@H](O)[C@H]5O)CC[C@@]45C[C@@]35CC[C@]12C. The topological polar surface area (TPSA) is 259 Å². The fourth-order valence-electron chi connectivity index (χ4n) is 14.5. The lowest BCUT2D eigenvalue weighted by molar-refractivity contribution is -0.377. The van der Waals surface area contributed by atoms with Crippen molar-refractivity contribution >= 4 is 0 Å². The van der Waals surface area contributed by atoms with Gasteiger partial charge in [0.25, 0.3) is 0 Å². The van der Waals surface area contributed by atoms with E-state index in [9.17, 15) is 56.2 Å². The van der Waals surface area contributed by atoms with Gasteiger partial charge in [0.1, 0.15) is 48.8 Å². The van der Waals surface area contributed by atoms with Crippen molar-refractivity contribution < 1.29 is 75.1 Å². The molecule has 57 heavy (non-hydrogen) atoms. The second-order valence-electron chi connectivity index (χ2n) is 21.3. The molecule has 0 aromatic rings. The number of aliphatic hydroxyl groups is 11. The highest BCUT2D eigenvalue weighted by atomic mass is 16.8. The Morgan fingerprint density at radius 2 is 1.26 bits per heavy atom. The van der Waals surface area contributed by atoms with Gasteiger partial charge in [-0.25, -0.2) is 0 Å². The molecule has 21 atom stereocenters. The molecule has 7 aliphatic rings. The van der Waals surface area contributed by atoms with Crippen molar-refractivity contribution in [2.45, 2.75) is 204 Å². The summed E-state index contributed by atoms with van der Waals surface area (Å²) in [7, 11) is 0. The highest BCUT2D eigenvalue weighted by Gasteiger charge is 2.83. The fourth-order valence-corrected chi connectivity index (χ4v) is 14.5. The Bertz CT molecular complexity index is 1450. The molecular formula is C42H72O15. The van der Waals surface area contributed by atoms with Crippen LogP contribution in [0.2, 0.25) is 0 Å². The first-order chi connectivity index (χ1) is 26.4. The number of ether oxygens (including phenoxy) is 4. The van der Waals surface area contributed by atoms with Gasteiger partial charge in [-0.3, -0.25) is 0 Å². The summed E-state index contributed by atoms with van der Waals surface area (Å²) in [5, 5.41) is 118. The van der Waals surface area contributed by atoms with Gasteiger partial charge in [0, 0.05) is 5.92 Å². The summed E-state index contributed by atoms with van der Waals surface area (Å²) >= 11 is 0. The summed E-state index contributed by atoms with van der Waals surface area (Å²) in [4.78, 5) is 0. The lowest BCUT2D eigenvalue weighted by Gasteiger charge is -2.64. The third kappa shape index (κ3) is 6.63. The van der Waals surface area contributed by atoms with Gasteiger partial charge in [-0.05, 0) is 124 Å². The highest BCUT2D eigenvalue weighted by Crippen LogP contribution is 2.89. The number of aliphatic hydroxyl groups excluding tert-OH is 9. The number of fused-ring (bicyclic) bond motifs is 2. The molecule has 0 amide bonds. The Morgan fingerprint density at radius 3 is 1.88 bits per heavy atom. The molecule has 5 aliphatic carbocycles. The summed E-state index contributed by atoms with van der Waals surface area (Å²) in [5.74, 6) is 0.212. The van der Waals surface area contributed by atoms with Crippen molar-refractivity contribution in [3.05, 3.63) is 0 Å². The normalized spacial score (nSPS) is 53.5. The molecular weight excluding hydrogens is 744 g/mol. The average molecular weight is 817 g/mol. The van der Waals surface area contributed by atoms with Crippen LogP contribution in [0.25, 0.3) is 0 Å². The van der Waals surface area contributed by atoms with Crippen LogP contribution in [0, 0.1) is 44.8 Å². The molecule has 7 fully saturated rings. The molecule has 0 aromatic heterocycles. The molecule has 330 valence electrons. The smallest absolute Gasteiger partial charge is 0.187 e. The molecule has 11 N–H and O–H groups in total. The molecule has 7 rings (SSSR count). The first kappa shape index (κ1) is 44.5. The zero-order valence-electron chi connectivity index (χ0n) is 34.8. The largest absolute Gasteiger partial charge is 0.394 e. The molecule has 5 saturated carbocycles. The van der Waals surface area contributed by atoms with Crippen LogP contribution in [0.3, 0.4) is 0 Å². The average Bonchev–Trinajstić information content (AvgIpc) is 3.74. The van der Waals surface area contributed by atoms with Gasteiger partial charge < -0.3 is 75.1 Å². The van der Waals surface area contributed by atoms with Crippen LogP contribution in [0.4, 0.5) is 0 Å². The maximum absolute atomic E-state index is 12.1. The van der Waals surface area contributed by atoms with Crippen molar-refractivity contribution in [3.63, 3.8) is 0 Å². The van der Waals surface area contributed by atoms with Crippen molar-refractivity contribution in [2.75, 3.05) is 13.2 Å². The van der Waals surface area contributed by atoms with E-state index in [1.165, 1.54) is 0 Å².